The van der Waals surface area contributed by atoms with Crippen molar-refractivity contribution in [1.29, 1.82) is 0 Å². The lowest BCUT2D eigenvalue weighted by molar-refractivity contribution is -0.125. The average Bonchev–Trinajstić information content (AvgIpc) is 2.42. The van der Waals surface area contributed by atoms with Crippen molar-refractivity contribution < 1.29 is 9.59 Å². The van der Waals surface area contributed by atoms with E-state index in [9.17, 15) is 9.59 Å². The Balaban J connectivity index is 2.10. The highest BCUT2D eigenvalue weighted by Crippen LogP contribution is 2.29. The third-order valence-electron chi connectivity index (χ3n) is 3.76. The van der Waals surface area contributed by atoms with Crippen molar-refractivity contribution in [3.8, 4) is 0 Å². The predicted octanol–water partition coefficient (Wildman–Crippen LogP) is 0.394. The van der Waals surface area contributed by atoms with E-state index in [4.69, 9.17) is 5.73 Å². The summed E-state index contributed by atoms with van der Waals surface area (Å²) in [6.45, 7) is 2.93. The minimum atomic E-state index is -0.298. The molecule has 1 aliphatic carbocycles. The molecule has 5 heteroatoms. The first kappa shape index (κ1) is 15.0. The van der Waals surface area contributed by atoms with Crippen LogP contribution in [0, 0.1) is 11.8 Å². The molecular formula is C13H25N3O2. The van der Waals surface area contributed by atoms with Crippen LogP contribution in [0.1, 0.15) is 39.0 Å². The van der Waals surface area contributed by atoms with Crippen LogP contribution in [0.3, 0.4) is 0 Å². The average molecular weight is 255 g/mol. The van der Waals surface area contributed by atoms with Gasteiger partial charge in [0.25, 0.3) is 0 Å². The van der Waals surface area contributed by atoms with Gasteiger partial charge in [0.05, 0.1) is 13.1 Å². The zero-order valence-electron chi connectivity index (χ0n) is 11.2. The molecule has 1 fully saturated rings. The summed E-state index contributed by atoms with van der Waals surface area (Å²) in [5, 5.41) is 5.33. The van der Waals surface area contributed by atoms with E-state index in [-0.39, 0.29) is 24.9 Å². The molecule has 104 valence electrons. The first-order chi connectivity index (χ1) is 8.65. The van der Waals surface area contributed by atoms with Crippen LogP contribution in [0.25, 0.3) is 0 Å². The lowest BCUT2D eigenvalue weighted by Gasteiger charge is -2.27. The van der Waals surface area contributed by atoms with Gasteiger partial charge >= 0.3 is 0 Å². The number of carbonyl (C=O) groups excluding carboxylic acids is 2. The topological polar surface area (TPSA) is 84.2 Å². The summed E-state index contributed by atoms with van der Waals surface area (Å²) < 4.78 is 0. The van der Waals surface area contributed by atoms with Crippen molar-refractivity contribution in [2.24, 2.45) is 17.6 Å². The Hall–Kier alpha value is -1.10. The van der Waals surface area contributed by atoms with E-state index in [0.29, 0.717) is 5.92 Å². The summed E-state index contributed by atoms with van der Waals surface area (Å²) in [5.41, 5.74) is 5.13. The van der Waals surface area contributed by atoms with Crippen LogP contribution in [0.15, 0.2) is 0 Å². The van der Waals surface area contributed by atoms with Crippen LogP contribution in [0.4, 0.5) is 0 Å². The molecule has 0 unspecified atom stereocenters. The van der Waals surface area contributed by atoms with Gasteiger partial charge in [0.1, 0.15) is 0 Å². The van der Waals surface area contributed by atoms with Gasteiger partial charge in [-0.25, -0.2) is 0 Å². The molecule has 2 amide bonds. The molecule has 0 aromatic rings. The maximum atomic E-state index is 11.5. The fourth-order valence-electron chi connectivity index (χ4n) is 2.42. The third kappa shape index (κ3) is 5.49. The van der Waals surface area contributed by atoms with E-state index in [1.165, 1.54) is 32.1 Å². The van der Waals surface area contributed by atoms with Gasteiger partial charge in [-0.3, -0.25) is 9.59 Å². The molecule has 0 saturated heterocycles. The molecular weight excluding hydrogens is 230 g/mol. The summed E-state index contributed by atoms with van der Waals surface area (Å²) in [7, 11) is 0. The molecule has 0 aliphatic heterocycles. The molecule has 0 bridgehead atoms. The van der Waals surface area contributed by atoms with Crippen LogP contribution in [0.2, 0.25) is 0 Å². The highest BCUT2D eigenvalue weighted by atomic mass is 16.2. The highest BCUT2D eigenvalue weighted by Gasteiger charge is 2.20. The van der Waals surface area contributed by atoms with Crippen LogP contribution in [-0.2, 0) is 9.59 Å². The van der Waals surface area contributed by atoms with Crippen LogP contribution in [0.5, 0.6) is 0 Å². The summed E-state index contributed by atoms with van der Waals surface area (Å²) in [6, 6.07) is 0. The van der Waals surface area contributed by atoms with Gasteiger partial charge in [-0.05, 0) is 24.7 Å². The standard InChI is InChI=1S/C13H25N3O2/c1-2-10-3-5-11(6-4-10)8-15-13(18)9-16-12(17)7-14/h10-11H,2-9,14H2,1H3,(H,15,18)(H,16,17). The molecule has 0 heterocycles. The smallest absolute Gasteiger partial charge is 0.239 e. The Morgan fingerprint density at radius 1 is 1.06 bits per heavy atom. The fourth-order valence-corrected chi connectivity index (χ4v) is 2.42. The van der Waals surface area contributed by atoms with Crippen LogP contribution in [-0.4, -0.2) is 31.4 Å². The van der Waals surface area contributed by atoms with Crippen LogP contribution >= 0.6 is 0 Å². The number of hydrogen-bond donors (Lipinski definition) is 3. The van der Waals surface area contributed by atoms with Crippen molar-refractivity contribution in [2.45, 2.75) is 39.0 Å². The van der Waals surface area contributed by atoms with E-state index in [2.05, 4.69) is 17.6 Å². The largest absolute Gasteiger partial charge is 0.354 e. The lowest BCUT2D eigenvalue weighted by atomic mass is 9.81. The summed E-state index contributed by atoms with van der Waals surface area (Å²) in [4.78, 5) is 22.3. The number of hydrogen-bond acceptors (Lipinski definition) is 3. The minimum absolute atomic E-state index is 0.0281. The summed E-state index contributed by atoms with van der Waals surface area (Å²) in [5.74, 6) is 1.05. The van der Waals surface area contributed by atoms with Crippen molar-refractivity contribution in [3.63, 3.8) is 0 Å². The van der Waals surface area contributed by atoms with E-state index < -0.39 is 0 Å². The molecule has 0 spiro atoms. The molecule has 4 N–H and O–H groups in total. The van der Waals surface area contributed by atoms with E-state index in [1.54, 1.807) is 0 Å². The van der Waals surface area contributed by atoms with Crippen molar-refractivity contribution in [3.05, 3.63) is 0 Å². The maximum absolute atomic E-state index is 11.5. The number of nitrogens with one attached hydrogen (secondary N) is 2. The summed E-state index contributed by atoms with van der Waals surface area (Å²) >= 11 is 0. The van der Waals surface area contributed by atoms with Crippen LogP contribution < -0.4 is 16.4 Å². The summed E-state index contributed by atoms with van der Waals surface area (Å²) in [6.07, 6.45) is 6.23. The molecule has 0 aromatic carbocycles. The maximum Gasteiger partial charge on any atom is 0.239 e. The first-order valence-electron chi connectivity index (χ1n) is 6.89. The van der Waals surface area contributed by atoms with Gasteiger partial charge in [0, 0.05) is 6.54 Å². The Morgan fingerprint density at radius 3 is 2.22 bits per heavy atom. The number of rotatable bonds is 6. The molecule has 1 aliphatic rings. The molecule has 18 heavy (non-hydrogen) atoms. The van der Waals surface area contributed by atoms with Gasteiger partial charge < -0.3 is 16.4 Å². The van der Waals surface area contributed by atoms with E-state index >= 15 is 0 Å². The van der Waals surface area contributed by atoms with Crippen molar-refractivity contribution in [2.75, 3.05) is 19.6 Å². The molecule has 5 nitrogen and oxygen atoms in total. The lowest BCUT2D eigenvalue weighted by Crippen LogP contribution is -2.41. The van der Waals surface area contributed by atoms with Gasteiger partial charge in [-0.15, -0.1) is 0 Å². The Morgan fingerprint density at radius 2 is 1.67 bits per heavy atom. The fraction of sp³-hybridized carbons (Fsp3) is 0.846. The quantitative estimate of drug-likeness (QED) is 0.642. The molecule has 0 aromatic heterocycles. The molecule has 1 rings (SSSR count). The van der Waals surface area contributed by atoms with Crippen molar-refractivity contribution in [1.82, 2.24) is 10.6 Å². The second kappa shape index (κ2) is 8.08. The zero-order chi connectivity index (χ0) is 13.4. The normalized spacial score (nSPS) is 23.4. The number of amides is 2. The first-order valence-corrected chi connectivity index (χ1v) is 6.89. The third-order valence-corrected chi connectivity index (χ3v) is 3.76. The van der Waals surface area contributed by atoms with E-state index in [0.717, 1.165) is 12.5 Å². The second-order valence-corrected chi connectivity index (χ2v) is 5.08. The van der Waals surface area contributed by atoms with Crippen molar-refractivity contribution >= 4 is 11.8 Å². The SMILES string of the molecule is CCC1CCC(CNC(=O)CNC(=O)CN)CC1. The van der Waals surface area contributed by atoms with Gasteiger partial charge in [0.2, 0.25) is 11.8 Å². The van der Waals surface area contributed by atoms with Gasteiger partial charge in [-0.1, -0.05) is 26.2 Å². The number of carbonyl (C=O) groups is 2. The Bertz CT molecular complexity index is 273. The van der Waals surface area contributed by atoms with Gasteiger partial charge in [0.15, 0.2) is 0 Å². The number of nitrogens with two attached hydrogens (primary N) is 1. The zero-order valence-corrected chi connectivity index (χ0v) is 11.2. The van der Waals surface area contributed by atoms with Gasteiger partial charge in [-0.2, -0.15) is 0 Å². The Kier molecular flexibility index (Phi) is 6.72. The minimum Gasteiger partial charge on any atom is -0.354 e. The Labute approximate surface area is 109 Å². The predicted molar refractivity (Wildman–Crippen MR) is 70.8 cm³/mol. The molecule has 1 saturated carbocycles. The van der Waals surface area contributed by atoms with E-state index in [1.807, 2.05) is 0 Å². The monoisotopic (exact) mass is 255 g/mol. The highest BCUT2D eigenvalue weighted by molar-refractivity contribution is 5.85. The molecule has 0 atom stereocenters. The molecule has 0 radical (unpaired) electrons. The second-order valence-electron chi connectivity index (χ2n) is 5.08.